The van der Waals surface area contributed by atoms with Crippen molar-refractivity contribution in [2.45, 2.75) is 39.2 Å². The quantitative estimate of drug-likeness (QED) is 0.696. The molecule has 0 spiro atoms. The summed E-state index contributed by atoms with van der Waals surface area (Å²) >= 11 is 0. The van der Waals surface area contributed by atoms with E-state index >= 15 is 0 Å². The van der Waals surface area contributed by atoms with Gasteiger partial charge in [-0.05, 0) is 25.7 Å². The lowest BCUT2D eigenvalue weighted by Gasteiger charge is -2.25. The van der Waals surface area contributed by atoms with E-state index < -0.39 is 15.8 Å². The number of hydrogen-bond donors (Lipinski definition) is 2. The maximum atomic E-state index is 11.4. The molecule has 6 heteroatoms. The molecule has 0 saturated carbocycles. The lowest BCUT2D eigenvalue weighted by molar-refractivity contribution is 0.0503. The Morgan fingerprint density at radius 1 is 1.38 bits per heavy atom. The average Bonchev–Trinajstić information content (AvgIpc) is 2.12. The highest BCUT2D eigenvalue weighted by atomic mass is 32.2. The largest absolute Gasteiger partial charge is 0.389 e. The highest BCUT2D eigenvalue weighted by molar-refractivity contribution is 7.87. The molecule has 0 aromatic heterocycles. The SMILES string of the molecule is CC(C)CCC(C)(O)CNS(=O)(=O)N(C)C. The monoisotopic (exact) mass is 252 g/mol. The number of hydrogen-bond acceptors (Lipinski definition) is 3. The summed E-state index contributed by atoms with van der Waals surface area (Å²) in [5, 5.41) is 9.96. The average molecular weight is 252 g/mol. The van der Waals surface area contributed by atoms with E-state index in [0.29, 0.717) is 12.3 Å². The van der Waals surface area contributed by atoms with Crippen LogP contribution in [0.15, 0.2) is 0 Å². The van der Waals surface area contributed by atoms with Crippen molar-refractivity contribution in [3.63, 3.8) is 0 Å². The van der Waals surface area contributed by atoms with E-state index in [4.69, 9.17) is 0 Å². The van der Waals surface area contributed by atoms with Crippen molar-refractivity contribution in [1.29, 1.82) is 0 Å². The topological polar surface area (TPSA) is 69.6 Å². The second kappa shape index (κ2) is 5.95. The molecule has 0 rings (SSSR count). The van der Waals surface area contributed by atoms with Gasteiger partial charge in [-0.3, -0.25) is 0 Å². The van der Waals surface area contributed by atoms with Gasteiger partial charge in [-0.15, -0.1) is 0 Å². The molecule has 0 heterocycles. The third-order valence-corrected chi connectivity index (χ3v) is 3.85. The van der Waals surface area contributed by atoms with Crippen LogP contribution >= 0.6 is 0 Å². The van der Waals surface area contributed by atoms with Crippen molar-refractivity contribution in [3.8, 4) is 0 Å². The Bertz CT molecular complexity index is 297. The van der Waals surface area contributed by atoms with Gasteiger partial charge in [-0.1, -0.05) is 13.8 Å². The first-order valence-corrected chi connectivity index (χ1v) is 6.90. The summed E-state index contributed by atoms with van der Waals surface area (Å²) in [5.74, 6) is 0.497. The van der Waals surface area contributed by atoms with Gasteiger partial charge in [0.2, 0.25) is 0 Å². The van der Waals surface area contributed by atoms with E-state index in [1.807, 2.05) is 0 Å². The van der Waals surface area contributed by atoms with Crippen LogP contribution in [0, 0.1) is 5.92 Å². The van der Waals surface area contributed by atoms with Crippen LogP contribution in [-0.2, 0) is 10.2 Å². The predicted octanol–water partition coefficient (Wildman–Crippen LogP) is 0.570. The molecule has 98 valence electrons. The highest BCUT2D eigenvalue weighted by Crippen LogP contribution is 2.15. The minimum atomic E-state index is -3.45. The van der Waals surface area contributed by atoms with Gasteiger partial charge in [-0.25, -0.2) is 0 Å². The molecule has 5 nitrogen and oxygen atoms in total. The standard InChI is InChI=1S/C10H24N2O3S/c1-9(2)6-7-10(3,13)8-11-16(14,15)12(4)5/h9,11,13H,6-8H2,1-5H3. The second-order valence-electron chi connectivity index (χ2n) is 5.04. The molecule has 16 heavy (non-hydrogen) atoms. The summed E-state index contributed by atoms with van der Waals surface area (Å²) in [6.07, 6.45) is 1.46. The Morgan fingerprint density at radius 3 is 2.25 bits per heavy atom. The number of rotatable bonds is 7. The first-order chi connectivity index (χ1) is 7.07. The Kier molecular flexibility index (Phi) is 5.89. The fraction of sp³-hybridized carbons (Fsp3) is 1.00. The van der Waals surface area contributed by atoms with E-state index in [9.17, 15) is 13.5 Å². The Labute approximate surface area is 99.0 Å². The Hall–Kier alpha value is -0.170. The molecule has 0 saturated heterocycles. The summed E-state index contributed by atoms with van der Waals surface area (Å²) in [5.41, 5.74) is -0.993. The van der Waals surface area contributed by atoms with Crippen molar-refractivity contribution >= 4 is 10.2 Å². The molecule has 0 aromatic carbocycles. The molecule has 2 N–H and O–H groups in total. The van der Waals surface area contributed by atoms with Gasteiger partial charge in [0, 0.05) is 20.6 Å². The van der Waals surface area contributed by atoms with Crippen LogP contribution in [0.5, 0.6) is 0 Å². The van der Waals surface area contributed by atoms with Crippen LogP contribution in [0.2, 0.25) is 0 Å². The van der Waals surface area contributed by atoms with Gasteiger partial charge in [0.25, 0.3) is 10.2 Å². The minimum Gasteiger partial charge on any atom is -0.389 e. The summed E-state index contributed by atoms with van der Waals surface area (Å²) < 4.78 is 26.3. The van der Waals surface area contributed by atoms with Crippen LogP contribution < -0.4 is 4.72 Å². The normalized spacial score (nSPS) is 16.8. The first-order valence-electron chi connectivity index (χ1n) is 5.46. The number of nitrogens with one attached hydrogen (secondary N) is 1. The number of aliphatic hydroxyl groups is 1. The molecule has 1 unspecified atom stereocenters. The summed E-state index contributed by atoms with van der Waals surface area (Å²) in [6.45, 7) is 5.83. The molecular formula is C10H24N2O3S. The zero-order chi connectivity index (χ0) is 13.0. The Balaban J connectivity index is 4.18. The van der Waals surface area contributed by atoms with E-state index in [2.05, 4.69) is 18.6 Å². The number of nitrogens with zero attached hydrogens (tertiary/aromatic N) is 1. The van der Waals surface area contributed by atoms with Gasteiger partial charge >= 0.3 is 0 Å². The highest BCUT2D eigenvalue weighted by Gasteiger charge is 2.24. The lowest BCUT2D eigenvalue weighted by Crippen LogP contribution is -2.44. The van der Waals surface area contributed by atoms with Crippen molar-refractivity contribution in [2.75, 3.05) is 20.6 Å². The van der Waals surface area contributed by atoms with E-state index in [-0.39, 0.29) is 6.54 Å². The van der Waals surface area contributed by atoms with Crippen LogP contribution in [-0.4, -0.2) is 44.1 Å². The van der Waals surface area contributed by atoms with Crippen molar-refractivity contribution in [2.24, 2.45) is 5.92 Å². The smallest absolute Gasteiger partial charge is 0.279 e. The fourth-order valence-electron chi connectivity index (χ4n) is 1.06. The molecule has 0 bridgehead atoms. The van der Waals surface area contributed by atoms with Gasteiger partial charge in [0.05, 0.1) is 5.60 Å². The van der Waals surface area contributed by atoms with E-state index in [1.165, 1.54) is 14.1 Å². The first kappa shape index (κ1) is 15.8. The molecule has 0 fully saturated rings. The van der Waals surface area contributed by atoms with Gasteiger partial charge in [0.1, 0.15) is 0 Å². The maximum absolute atomic E-state index is 11.4. The van der Waals surface area contributed by atoms with E-state index in [1.54, 1.807) is 6.92 Å². The molecule has 0 aliphatic rings. The Morgan fingerprint density at radius 2 is 1.88 bits per heavy atom. The molecule has 0 radical (unpaired) electrons. The van der Waals surface area contributed by atoms with Crippen LogP contribution in [0.3, 0.4) is 0 Å². The minimum absolute atomic E-state index is 0.0419. The van der Waals surface area contributed by atoms with Crippen LogP contribution in [0.4, 0.5) is 0 Å². The van der Waals surface area contributed by atoms with Crippen LogP contribution in [0.1, 0.15) is 33.6 Å². The van der Waals surface area contributed by atoms with Gasteiger partial charge < -0.3 is 5.11 Å². The van der Waals surface area contributed by atoms with Crippen LogP contribution in [0.25, 0.3) is 0 Å². The molecule has 0 aliphatic heterocycles. The zero-order valence-electron chi connectivity index (χ0n) is 10.8. The summed E-state index contributed by atoms with van der Waals surface area (Å²) in [7, 11) is -0.547. The molecule has 0 amide bonds. The molecular weight excluding hydrogens is 228 g/mol. The summed E-state index contributed by atoms with van der Waals surface area (Å²) in [6, 6.07) is 0. The maximum Gasteiger partial charge on any atom is 0.279 e. The summed E-state index contributed by atoms with van der Waals surface area (Å²) in [4.78, 5) is 0. The molecule has 0 aliphatic carbocycles. The van der Waals surface area contributed by atoms with Crippen molar-refractivity contribution in [1.82, 2.24) is 9.03 Å². The van der Waals surface area contributed by atoms with Crippen molar-refractivity contribution in [3.05, 3.63) is 0 Å². The fourth-order valence-corrected chi connectivity index (χ4v) is 1.82. The third kappa shape index (κ3) is 6.42. The van der Waals surface area contributed by atoms with E-state index in [0.717, 1.165) is 10.7 Å². The molecule has 0 aromatic rings. The second-order valence-corrected chi connectivity index (χ2v) is 7.01. The lowest BCUT2D eigenvalue weighted by atomic mass is 9.96. The molecule has 1 atom stereocenters. The van der Waals surface area contributed by atoms with Crippen molar-refractivity contribution < 1.29 is 13.5 Å². The van der Waals surface area contributed by atoms with Gasteiger partial charge in [0.15, 0.2) is 0 Å². The van der Waals surface area contributed by atoms with Gasteiger partial charge in [-0.2, -0.15) is 17.4 Å². The zero-order valence-corrected chi connectivity index (χ0v) is 11.6. The predicted molar refractivity (Wildman–Crippen MR) is 65.3 cm³/mol. The third-order valence-electron chi connectivity index (χ3n) is 2.38.